The van der Waals surface area contributed by atoms with Crippen molar-refractivity contribution in [3.63, 3.8) is 0 Å². The zero-order valence-corrected chi connectivity index (χ0v) is 14.2. The van der Waals surface area contributed by atoms with Crippen LogP contribution in [0.2, 0.25) is 0 Å². The smallest absolute Gasteiger partial charge is 0.270 e. The standard InChI is InChI=1S/C16H21N3O4S/c20-15(18-13-5-9-24(22,23)11-13)14-10-12(4-6-17-14)16(21)19-7-2-1-3-8-19/h4,6,10,13H,1-3,5,7-9,11H2,(H,18,20). The SMILES string of the molecule is O=C(NC1CCS(=O)(=O)C1)c1cc(C(=O)N2CCCCC2)ccn1. The van der Waals surface area contributed by atoms with Gasteiger partial charge in [0.25, 0.3) is 11.8 Å². The van der Waals surface area contributed by atoms with Crippen LogP contribution < -0.4 is 5.32 Å². The zero-order valence-electron chi connectivity index (χ0n) is 13.4. The largest absolute Gasteiger partial charge is 0.347 e. The normalized spacial score (nSPS) is 23.0. The molecule has 2 aliphatic rings. The number of pyridine rings is 1. The topological polar surface area (TPSA) is 96.4 Å². The lowest BCUT2D eigenvalue weighted by atomic mass is 10.1. The van der Waals surface area contributed by atoms with E-state index in [1.165, 1.54) is 12.3 Å². The number of nitrogens with one attached hydrogen (secondary N) is 1. The van der Waals surface area contributed by atoms with E-state index >= 15 is 0 Å². The molecule has 1 unspecified atom stereocenters. The molecule has 2 amide bonds. The summed E-state index contributed by atoms with van der Waals surface area (Å²) in [5.41, 5.74) is 0.582. The van der Waals surface area contributed by atoms with E-state index in [0.29, 0.717) is 12.0 Å². The Morgan fingerprint density at radius 1 is 1.21 bits per heavy atom. The van der Waals surface area contributed by atoms with Crippen LogP contribution in [0.1, 0.15) is 46.5 Å². The molecule has 1 aromatic heterocycles. The summed E-state index contributed by atoms with van der Waals surface area (Å²) >= 11 is 0. The minimum absolute atomic E-state index is 0.0366. The highest BCUT2D eigenvalue weighted by Gasteiger charge is 2.29. The Balaban J connectivity index is 1.68. The van der Waals surface area contributed by atoms with Crippen molar-refractivity contribution in [1.82, 2.24) is 15.2 Å². The molecule has 0 aliphatic carbocycles. The van der Waals surface area contributed by atoms with Crippen LogP contribution in [-0.4, -0.2) is 60.8 Å². The quantitative estimate of drug-likeness (QED) is 0.861. The van der Waals surface area contributed by atoms with Gasteiger partial charge >= 0.3 is 0 Å². The lowest BCUT2D eigenvalue weighted by molar-refractivity contribution is 0.0724. The van der Waals surface area contributed by atoms with E-state index in [1.54, 1.807) is 11.0 Å². The van der Waals surface area contributed by atoms with Gasteiger partial charge in [-0.1, -0.05) is 0 Å². The van der Waals surface area contributed by atoms with Gasteiger partial charge in [-0.3, -0.25) is 14.6 Å². The Kier molecular flexibility index (Phi) is 4.84. The molecule has 8 heteroatoms. The first-order valence-corrected chi connectivity index (χ1v) is 10.0. The van der Waals surface area contributed by atoms with Crippen LogP contribution in [0.5, 0.6) is 0 Å². The summed E-state index contributed by atoms with van der Waals surface area (Å²) in [7, 11) is -3.06. The Morgan fingerprint density at radius 2 is 1.96 bits per heavy atom. The molecule has 7 nitrogen and oxygen atoms in total. The average Bonchev–Trinajstić information content (AvgIpc) is 2.93. The maximum absolute atomic E-state index is 12.5. The lowest BCUT2D eigenvalue weighted by Crippen LogP contribution is -2.37. The predicted molar refractivity (Wildman–Crippen MR) is 88.5 cm³/mol. The third kappa shape index (κ3) is 3.92. The molecule has 24 heavy (non-hydrogen) atoms. The van der Waals surface area contributed by atoms with Gasteiger partial charge in [0, 0.05) is 30.9 Å². The van der Waals surface area contributed by atoms with Gasteiger partial charge in [0.2, 0.25) is 0 Å². The van der Waals surface area contributed by atoms with Crippen LogP contribution in [0.15, 0.2) is 18.3 Å². The number of likely N-dealkylation sites (tertiary alicyclic amines) is 1. The van der Waals surface area contributed by atoms with Crippen molar-refractivity contribution in [1.29, 1.82) is 0 Å². The highest BCUT2D eigenvalue weighted by molar-refractivity contribution is 7.91. The minimum atomic E-state index is -3.06. The first kappa shape index (κ1) is 16.9. The van der Waals surface area contributed by atoms with Gasteiger partial charge in [-0.25, -0.2) is 8.42 Å². The van der Waals surface area contributed by atoms with Gasteiger partial charge in [0.15, 0.2) is 9.84 Å². The van der Waals surface area contributed by atoms with Gasteiger partial charge < -0.3 is 10.2 Å². The molecular formula is C16H21N3O4S. The van der Waals surface area contributed by atoms with Crippen LogP contribution in [0, 0.1) is 0 Å². The summed E-state index contributed by atoms with van der Waals surface area (Å²) in [5, 5.41) is 2.69. The van der Waals surface area contributed by atoms with Gasteiger partial charge in [-0.2, -0.15) is 0 Å². The molecule has 0 bridgehead atoms. The second-order valence-electron chi connectivity index (χ2n) is 6.36. The predicted octanol–water partition coefficient (Wildman–Crippen LogP) is 0.625. The fourth-order valence-electron chi connectivity index (χ4n) is 3.14. The van der Waals surface area contributed by atoms with Crippen molar-refractivity contribution < 1.29 is 18.0 Å². The number of rotatable bonds is 3. The fraction of sp³-hybridized carbons (Fsp3) is 0.562. The van der Waals surface area contributed by atoms with Gasteiger partial charge in [0.1, 0.15) is 5.69 Å². The van der Waals surface area contributed by atoms with Crippen LogP contribution in [0.25, 0.3) is 0 Å². The number of hydrogen-bond acceptors (Lipinski definition) is 5. The fourth-order valence-corrected chi connectivity index (χ4v) is 4.81. The Morgan fingerprint density at radius 3 is 2.62 bits per heavy atom. The molecule has 2 fully saturated rings. The third-order valence-electron chi connectivity index (χ3n) is 4.45. The van der Waals surface area contributed by atoms with Crippen LogP contribution in [0.4, 0.5) is 0 Å². The number of aromatic nitrogens is 1. The highest BCUT2D eigenvalue weighted by atomic mass is 32.2. The maximum Gasteiger partial charge on any atom is 0.270 e. The van der Waals surface area contributed by atoms with Crippen molar-refractivity contribution in [2.75, 3.05) is 24.6 Å². The van der Waals surface area contributed by atoms with E-state index in [1.807, 2.05) is 0 Å². The summed E-state index contributed by atoms with van der Waals surface area (Å²) in [5.74, 6) is -0.468. The Labute approximate surface area is 141 Å². The zero-order chi connectivity index (χ0) is 17.2. The Bertz CT molecular complexity index is 741. The molecule has 1 aromatic rings. The molecule has 2 saturated heterocycles. The molecular weight excluding hydrogens is 330 g/mol. The van der Waals surface area contributed by atoms with E-state index in [0.717, 1.165) is 32.4 Å². The molecule has 0 aromatic carbocycles. The van der Waals surface area contributed by atoms with Crippen molar-refractivity contribution in [3.05, 3.63) is 29.6 Å². The molecule has 1 N–H and O–H groups in total. The summed E-state index contributed by atoms with van der Waals surface area (Å²) in [6, 6.07) is 2.70. The second kappa shape index (κ2) is 6.88. The molecule has 0 radical (unpaired) electrons. The number of piperidine rings is 1. The average molecular weight is 351 g/mol. The van der Waals surface area contributed by atoms with Gasteiger partial charge in [0.05, 0.1) is 11.5 Å². The van der Waals surface area contributed by atoms with Crippen molar-refractivity contribution in [2.45, 2.75) is 31.7 Å². The maximum atomic E-state index is 12.5. The summed E-state index contributed by atoms with van der Waals surface area (Å²) < 4.78 is 22.9. The molecule has 0 spiro atoms. The van der Waals surface area contributed by atoms with Crippen LogP contribution >= 0.6 is 0 Å². The molecule has 0 saturated carbocycles. The first-order chi connectivity index (χ1) is 11.4. The number of carbonyl (C=O) groups excluding carboxylic acids is 2. The van der Waals surface area contributed by atoms with E-state index in [-0.39, 0.29) is 29.1 Å². The monoisotopic (exact) mass is 351 g/mol. The van der Waals surface area contributed by atoms with Gasteiger partial charge in [-0.15, -0.1) is 0 Å². The Hall–Kier alpha value is -1.96. The van der Waals surface area contributed by atoms with E-state index in [4.69, 9.17) is 0 Å². The number of sulfone groups is 1. The van der Waals surface area contributed by atoms with Crippen LogP contribution in [0.3, 0.4) is 0 Å². The highest BCUT2D eigenvalue weighted by Crippen LogP contribution is 2.15. The van der Waals surface area contributed by atoms with Gasteiger partial charge in [-0.05, 0) is 37.8 Å². The summed E-state index contributed by atoms with van der Waals surface area (Å²) in [6.07, 6.45) is 5.00. The van der Waals surface area contributed by atoms with Crippen LogP contribution in [-0.2, 0) is 9.84 Å². The van der Waals surface area contributed by atoms with Crippen molar-refractivity contribution in [3.8, 4) is 0 Å². The third-order valence-corrected chi connectivity index (χ3v) is 6.22. The number of nitrogens with zero attached hydrogens (tertiary/aromatic N) is 2. The molecule has 1 atom stereocenters. The summed E-state index contributed by atoms with van der Waals surface area (Å²) in [6.45, 7) is 1.48. The first-order valence-electron chi connectivity index (χ1n) is 8.21. The number of carbonyl (C=O) groups is 2. The molecule has 2 aliphatic heterocycles. The number of amides is 2. The van der Waals surface area contributed by atoms with Crippen molar-refractivity contribution >= 4 is 21.7 Å². The van der Waals surface area contributed by atoms with E-state index in [9.17, 15) is 18.0 Å². The molecule has 130 valence electrons. The second-order valence-corrected chi connectivity index (χ2v) is 8.58. The number of hydrogen-bond donors (Lipinski definition) is 1. The van der Waals surface area contributed by atoms with E-state index in [2.05, 4.69) is 10.3 Å². The van der Waals surface area contributed by atoms with Crippen molar-refractivity contribution in [2.24, 2.45) is 0 Å². The lowest BCUT2D eigenvalue weighted by Gasteiger charge is -2.26. The molecule has 3 rings (SSSR count). The summed E-state index contributed by atoms with van der Waals surface area (Å²) in [4.78, 5) is 30.6. The molecule has 3 heterocycles. The minimum Gasteiger partial charge on any atom is -0.347 e. The van der Waals surface area contributed by atoms with E-state index < -0.39 is 15.7 Å².